The predicted octanol–water partition coefficient (Wildman–Crippen LogP) is 2.41. The lowest BCUT2D eigenvalue weighted by Gasteiger charge is -2.30. The Morgan fingerprint density at radius 2 is 2.00 bits per heavy atom. The first-order chi connectivity index (χ1) is 11.8. The molecule has 0 unspecified atom stereocenters. The Morgan fingerprint density at radius 3 is 2.79 bits per heavy atom. The second-order valence-corrected chi connectivity index (χ2v) is 7.64. The third kappa shape index (κ3) is 3.46. The first-order valence-electron chi connectivity index (χ1n) is 9.63. The first-order valence-corrected chi connectivity index (χ1v) is 9.63. The molecule has 0 spiro atoms. The molecule has 1 N–H and O–H groups in total. The van der Waals surface area contributed by atoms with Crippen LogP contribution in [0.15, 0.2) is 6.20 Å². The molecule has 1 saturated heterocycles. The van der Waals surface area contributed by atoms with E-state index in [0.717, 1.165) is 56.7 Å². The van der Waals surface area contributed by atoms with E-state index in [4.69, 9.17) is 4.98 Å². The molecule has 3 heterocycles. The van der Waals surface area contributed by atoms with E-state index in [1.807, 2.05) is 11.1 Å². The summed E-state index contributed by atoms with van der Waals surface area (Å²) < 4.78 is 0. The number of nitrogens with one attached hydrogen (secondary N) is 1. The van der Waals surface area contributed by atoms with Crippen molar-refractivity contribution < 1.29 is 4.79 Å². The molecule has 0 aromatic carbocycles. The maximum atomic E-state index is 12.6. The summed E-state index contributed by atoms with van der Waals surface area (Å²) in [7, 11) is 0. The fraction of sp³-hybridized carbons (Fsp3) is 0.737. The molecule has 4 rings (SSSR count). The van der Waals surface area contributed by atoms with Gasteiger partial charge in [-0.1, -0.05) is 12.8 Å². The van der Waals surface area contributed by atoms with Crippen LogP contribution in [0.1, 0.15) is 67.9 Å². The fourth-order valence-corrected chi connectivity index (χ4v) is 4.41. The minimum atomic E-state index is 0.329. The Labute approximate surface area is 144 Å². The number of piperidine rings is 1. The largest absolute Gasteiger partial charge is 0.338 e. The Balaban J connectivity index is 1.40. The molecule has 0 atom stereocenters. The molecule has 1 aromatic rings. The SMILES string of the molecule is O=C(CC1CCCC1)N1CCc2nc(C3CCNCC3)ncc2C1. The molecular weight excluding hydrogens is 300 g/mol. The van der Waals surface area contributed by atoms with E-state index < -0.39 is 0 Å². The molecule has 5 nitrogen and oxygen atoms in total. The number of carbonyl (C=O) groups is 1. The van der Waals surface area contributed by atoms with E-state index >= 15 is 0 Å². The van der Waals surface area contributed by atoms with E-state index in [-0.39, 0.29) is 0 Å². The van der Waals surface area contributed by atoms with Gasteiger partial charge in [-0.2, -0.15) is 0 Å². The molecule has 130 valence electrons. The number of amides is 1. The molecule has 1 aromatic heterocycles. The van der Waals surface area contributed by atoms with Crippen molar-refractivity contribution in [3.8, 4) is 0 Å². The highest BCUT2D eigenvalue weighted by atomic mass is 16.2. The molecule has 1 amide bonds. The molecule has 2 fully saturated rings. The van der Waals surface area contributed by atoms with Crippen molar-refractivity contribution in [2.75, 3.05) is 19.6 Å². The lowest BCUT2D eigenvalue weighted by molar-refractivity contribution is -0.133. The zero-order valence-electron chi connectivity index (χ0n) is 14.5. The van der Waals surface area contributed by atoms with Crippen molar-refractivity contribution in [1.29, 1.82) is 0 Å². The van der Waals surface area contributed by atoms with Crippen LogP contribution in [0.4, 0.5) is 0 Å². The van der Waals surface area contributed by atoms with Crippen molar-refractivity contribution >= 4 is 5.91 Å². The van der Waals surface area contributed by atoms with E-state index in [1.165, 1.54) is 31.4 Å². The van der Waals surface area contributed by atoms with Gasteiger partial charge in [0.25, 0.3) is 0 Å². The van der Waals surface area contributed by atoms with Crippen molar-refractivity contribution in [3.05, 3.63) is 23.3 Å². The molecule has 0 radical (unpaired) electrons. The van der Waals surface area contributed by atoms with Crippen LogP contribution < -0.4 is 5.32 Å². The minimum Gasteiger partial charge on any atom is -0.338 e. The maximum Gasteiger partial charge on any atom is 0.223 e. The lowest BCUT2D eigenvalue weighted by Crippen LogP contribution is -2.37. The number of hydrogen-bond donors (Lipinski definition) is 1. The second kappa shape index (κ2) is 7.18. The van der Waals surface area contributed by atoms with Crippen molar-refractivity contribution in [1.82, 2.24) is 20.2 Å². The zero-order chi connectivity index (χ0) is 16.4. The minimum absolute atomic E-state index is 0.329. The molecule has 0 bridgehead atoms. The molecule has 24 heavy (non-hydrogen) atoms. The molecule has 1 saturated carbocycles. The Hall–Kier alpha value is -1.49. The summed E-state index contributed by atoms with van der Waals surface area (Å²) in [5, 5.41) is 3.39. The Kier molecular flexibility index (Phi) is 4.79. The van der Waals surface area contributed by atoms with Gasteiger partial charge in [-0.15, -0.1) is 0 Å². The Bertz CT molecular complexity index is 591. The summed E-state index contributed by atoms with van der Waals surface area (Å²) >= 11 is 0. The van der Waals surface area contributed by atoms with E-state index in [0.29, 0.717) is 24.3 Å². The van der Waals surface area contributed by atoms with Crippen LogP contribution in [0, 0.1) is 5.92 Å². The third-order valence-corrected chi connectivity index (χ3v) is 5.95. The fourth-order valence-electron chi connectivity index (χ4n) is 4.41. The molecule has 5 heteroatoms. The topological polar surface area (TPSA) is 58.1 Å². The molecule has 3 aliphatic rings. The van der Waals surface area contributed by atoms with Crippen LogP contribution in [0.5, 0.6) is 0 Å². The monoisotopic (exact) mass is 328 g/mol. The number of hydrogen-bond acceptors (Lipinski definition) is 4. The van der Waals surface area contributed by atoms with Gasteiger partial charge in [-0.3, -0.25) is 4.79 Å². The van der Waals surface area contributed by atoms with Crippen LogP contribution in [-0.2, 0) is 17.8 Å². The van der Waals surface area contributed by atoms with Gasteiger partial charge in [0.2, 0.25) is 5.91 Å². The summed E-state index contributed by atoms with van der Waals surface area (Å²) in [5.41, 5.74) is 2.32. The van der Waals surface area contributed by atoms with Gasteiger partial charge < -0.3 is 10.2 Å². The van der Waals surface area contributed by atoms with Gasteiger partial charge in [0.05, 0.1) is 5.69 Å². The number of aromatic nitrogens is 2. The van der Waals surface area contributed by atoms with Gasteiger partial charge in [-0.25, -0.2) is 9.97 Å². The average molecular weight is 328 g/mol. The zero-order valence-corrected chi connectivity index (χ0v) is 14.5. The summed E-state index contributed by atoms with van der Waals surface area (Å²) in [6.45, 7) is 3.65. The number of nitrogens with zero attached hydrogens (tertiary/aromatic N) is 3. The standard InChI is InChI=1S/C19H28N4O/c24-18(11-14-3-1-2-4-14)23-10-7-17-16(13-23)12-21-19(22-17)15-5-8-20-9-6-15/h12,14-15,20H,1-11,13H2. The molecular formula is C19H28N4O. The normalized spacial score (nSPS) is 22.6. The van der Waals surface area contributed by atoms with Crippen LogP contribution in [0.25, 0.3) is 0 Å². The number of carbonyl (C=O) groups excluding carboxylic acids is 1. The first kappa shape index (κ1) is 16.0. The van der Waals surface area contributed by atoms with E-state index in [9.17, 15) is 4.79 Å². The summed E-state index contributed by atoms with van der Waals surface area (Å²) in [5.74, 6) is 2.46. The number of fused-ring (bicyclic) bond motifs is 1. The van der Waals surface area contributed by atoms with Crippen LogP contribution >= 0.6 is 0 Å². The summed E-state index contributed by atoms with van der Waals surface area (Å²) in [4.78, 5) is 24.1. The highest BCUT2D eigenvalue weighted by molar-refractivity contribution is 5.76. The van der Waals surface area contributed by atoms with Crippen LogP contribution in [0.3, 0.4) is 0 Å². The smallest absolute Gasteiger partial charge is 0.223 e. The van der Waals surface area contributed by atoms with Crippen LogP contribution in [0.2, 0.25) is 0 Å². The van der Waals surface area contributed by atoms with Gasteiger partial charge >= 0.3 is 0 Å². The molecule has 2 aliphatic heterocycles. The van der Waals surface area contributed by atoms with Gasteiger partial charge in [0, 0.05) is 43.6 Å². The van der Waals surface area contributed by atoms with Gasteiger partial charge in [0.15, 0.2) is 0 Å². The average Bonchev–Trinajstić information content (AvgIpc) is 3.14. The van der Waals surface area contributed by atoms with Crippen LogP contribution in [-0.4, -0.2) is 40.4 Å². The van der Waals surface area contributed by atoms with E-state index in [1.54, 1.807) is 0 Å². The van der Waals surface area contributed by atoms with Crippen molar-refractivity contribution in [3.63, 3.8) is 0 Å². The van der Waals surface area contributed by atoms with E-state index in [2.05, 4.69) is 10.3 Å². The highest BCUT2D eigenvalue weighted by Crippen LogP contribution is 2.29. The summed E-state index contributed by atoms with van der Waals surface area (Å²) in [6.07, 6.45) is 10.9. The third-order valence-electron chi connectivity index (χ3n) is 5.95. The molecule has 1 aliphatic carbocycles. The lowest BCUT2D eigenvalue weighted by atomic mass is 9.96. The second-order valence-electron chi connectivity index (χ2n) is 7.64. The predicted molar refractivity (Wildman–Crippen MR) is 92.6 cm³/mol. The quantitative estimate of drug-likeness (QED) is 0.926. The maximum absolute atomic E-state index is 12.6. The Morgan fingerprint density at radius 1 is 1.21 bits per heavy atom. The van der Waals surface area contributed by atoms with Crippen molar-refractivity contribution in [2.24, 2.45) is 5.92 Å². The number of rotatable bonds is 3. The highest BCUT2D eigenvalue weighted by Gasteiger charge is 2.27. The van der Waals surface area contributed by atoms with Gasteiger partial charge in [0.1, 0.15) is 5.82 Å². The van der Waals surface area contributed by atoms with Crippen molar-refractivity contribution in [2.45, 2.75) is 63.8 Å². The summed E-state index contributed by atoms with van der Waals surface area (Å²) in [6, 6.07) is 0. The van der Waals surface area contributed by atoms with Gasteiger partial charge in [-0.05, 0) is 44.7 Å².